The molecule has 0 N–H and O–H groups in total. The molecule has 1 aliphatic carbocycles. The summed E-state index contributed by atoms with van der Waals surface area (Å²) in [4.78, 5) is 14.6. The van der Waals surface area contributed by atoms with Gasteiger partial charge in [0.15, 0.2) is 5.82 Å². The maximum absolute atomic E-state index is 12.8. The topological polar surface area (TPSA) is 38.1 Å². The maximum Gasteiger partial charge on any atom is 0.231 e. The van der Waals surface area contributed by atoms with Gasteiger partial charge >= 0.3 is 0 Å². The van der Waals surface area contributed by atoms with Gasteiger partial charge in [-0.25, -0.2) is 0 Å². The van der Waals surface area contributed by atoms with Crippen LogP contribution in [0.2, 0.25) is 5.02 Å². The van der Waals surface area contributed by atoms with Gasteiger partial charge in [-0.15, -0.1) is 0 Å². The minimum atomic E-state index is 0.152. The van der Waals surface area contributed by atoms with Crippen LogP contribution in [0.3, 0.4) is 0 Å². The van der Waals surface area contributed by atoms with Crippen molar-refractivity contribution in [3.63, 3.8) is 0 Å². The molecule has 1 amide bonds. The zero-order chi connectivity index (χ0) is 14.5. The molecule has 0 spiro atoms. The highest BCUT2D eigenvalue weighted by Crippen LogP contribution is 2.30. The average Bonchev–Trinajstić information content (AvgIpc) is 2.79. The van der Waals surface area contributed by atoms with E-state index in [-0.39, 0.29) is 11.8 Å². The van der Waals surface area contributed by atoms with Gasteiger partial charge in [0.2, 0.25) is 5.91 Å². The lowest BCUT2D eigenvalue weighted by Gasteiger charge is -2.28. The van der Waals surface area contributed by atoms with Crippen molar-refractivity contribution in [2.75, 3.05) is 11.4 Å². The SMILES string of the molecule is CCCCN(C(=O)C1CCCCC1)c1nn(C)cc1Cl. The van der Waals surface area contributed by atoms with Crippen molar-refractivity contribution in [3.05, 3.63) is 11.2 Å². The number of anilines is 1. The first-order valence-corrected chi connectivity index (χ1v) is 8.01. The molecule has 1 heterocycles. The van der Waals surface area contributed by atoms with Crippen molar-refractivity contribution >= 4 is 23.3 Å². The average molecular weight is 298 g/mol. The molecule has 0 radical (unpaired) electrons. The summed E-state index contributed by atoms with van der Waals surface area (Å²) >= 11 is 6.22. The molecule has 112 valence electrons. The van der Waals surface area contributed by atoms with Crippen LogP contribution in [0.4, 0.5) is 5.82 Å². The van der Waals surface area contributed by atoms with Crippen molar-refractivity contribution in [2.45, 2.75) is 51.9 Å². The van der Waals surface area contributed by atoms with Gasteiger partial charge in [-0.2, -0.15) is 5.10 Å². The fraction of sp³-hybridized carbons (Fsp3) is 0.733. The number of carbonyl (C=O) groups is 1. The highest BCUT2D eigenvalue weighted by molar-refractivity contribution is 6.33. The van der Waals surface area contributed by atoms with E-state index in [2.05, 4.69) is 12.0 Å². The fourth-order valence-electron chi connectivity index (χ4n) is 2.84. The minimum absolute atomic E-state index is 0.152. The van der Waals surface area contributed by atoms with E-state index in [9.17, 15) is 4.79 Å². The molecular weight excluding hydrogens is 274 g/mol. The molecule has 20 heavy (non-hydrogen) atoms. The number of amides is 1. The van der Waals surface area contributed by atoms with Crippen LogP contribution in [0.1, 0.15) is 51.9 Å². The van der Waals surface area contributed by atoms with Crippen molar-refractivity contribution in [2.24, 2.45) is 13.0 Å². The number of aryl methyl sites for hydroxylation is 1. The molecule has 2 rings (SSSR count). The summed E-state index contributed by atoms with van der Waals surface area (Å²) < 4.78 is 1.67. The van der Waals surface area contributed by atoms with E-state index in [4.69, 9.17) is 11.6 Å². The summed E-state index contributed by atoms with van der Waals surface area (Å²) in [6, 6.07) is 0. The van der Waals surface area contributed by atoms with Crippen LogP contribution in [0.25, 0.3) is 0 Å². The third-order valence-corrected chi connectivity index (χ3v) is 4.24. The van der Waals surface area contributed by atoms with Gasteiger partial charge in [-0.3, -0.25) is 14.4 Å². The van der Waals surface area contributed by atoms with Crippen LogP contribution in [-0.2, 0) is 11.8 Å². The number of rotatable bonds is 5. The Bertz CT molecular complexity index is 452. The van der Waals surface area contributed by atoms with Gasteiger partial charge in [-0.05, 0) is 19.3 Å². The lowest BCUT2D eigenvalue weighted by atomic mass is 9.88. The number of hydrogen-bond donors (Lipinski definition) is 0. The minimum Gasteiger partial charge on any atom is -0.294 e. The Morgan fingerprint density at radius 2 is 2.15 bits per heavy atom. The Morgan fingerprint density at radius 1 is 1.45 bits per heavy atom. The first-order chi connectivity index (χ1) is 9.63. The first-order valence-electron chi connectivity index (χ1n) is 7.64. The normalized spacial score (nSPS) is 16.4. The van der Waals surface area contributed by atoms with Crippen molar-refractivity contribution in [1.29, 1.82) is 0 Å². The molecule has 0 aromatic carbocycles. The summed E-state index contributed by atoms with van der Waals surface area (Å²) in [5.41, 5.74) is 0. The van der Waals surface area contributed by atoms with E-state index in [1.54, 1.807) is 10.9 Å². The van der Waals surface area contributed by atoms with Gasteiger partial charge in [-0.1, -0.05) is 44.2 Å². The maximum atomic E-state index is 12.8. The van der Waals surface area contributed by atoms with E-state index in [0.717, 1.165) is 38.5 Å². The van der Waals surface area contributed by atoms with E-state index in [1.165, 1.54) is 6.42 Å². The van der Waals surface area contributed by atoms with Gasteiger partial charge in [0.1, 0.15) is 5.02 Å². The molecule has 1 aliphatic rings. The van der Waals surface area contributed by atoms with Crippen molar-refractivity contribution in [3.8, 4) is 0 Å². The van der Waals surface area contributed by atoms with Gasteiger partial charge in [0.05, 0.1) is 0 Å². The number of carbonyl (C=O) groups excluding carboxylic acids is 1. The predicted octanol–water partition coefficient (Wildman–Crippen LogP) is 3.79. The van der Waals surface area contributed by atoms with Crippen molar-refractivity contribution in [1.82, 2.24) is 9.78 Å². The van der Waals surface area contributed by atoms with Crippen LogP contribution in [0.15, 0.2) is 6.20 Å². The smallest absolute Gasteiger partial charge is 0.231 e. The van der Waals surface area contributed by atoms with E-state index in [0.29, 0.717) is 17.4 Å². The standard InChI is InChI=1S/C15H24ClN3O/c1-3-4-10-19(14-13(16)11-18(2)17-14)15(20)12-8-6-5-7-9-12/h11-12H,3-10H2,1-2H3. The molecule has 0 bridgehead atoms. The molecule has 0 unspecified atom stereocenters. The Hall–Kier alpha value is -1.03. The second kappa shape index (κ2) is 7.11. The first kappa shape index (κ1) is 15.4. The van der Waals surface area contributed by atoms with E-state index < -0.39 is 0 Å². The molecule has 1 aromatic heterocycles. The fourth-order valence-corrected chi connectivity index (χ4v) is 3.12. The molecule has 0 atom stereocenters. The Labute approximate surface area is 126 Å². The quantitative estimate of drug-likeness (QED) is 0.829. The third kappa shape index (κ3) is 3.54. The second-order valence-corrected chi connectivity index (χ2v) is 6.06. The number of hydrogen-bond acceptors (Lipinski definition) is 2. The van der Waals surface area contributed by atoms with Crippen LogP contribution >= 0.6 is 11.6 Å². The molecular formula is C15H24ClN3O. The summed E-state index contributed by atoms with van der Waals surface area (Å²) in [6.45, 7) is 2.84. The van der Waals surface area contributed by atoms with Gasteiger partial charge in [0, 0.05) is 25.7 Å². The monoisotopic (exact) mass is 297 g/mol. The molecule has 1 saturated carbocycles. The lowest BCUT2D eigenvalue weighted by Crippen LogP contribution is -2.38. The second-order valence-electron chi connectivity index (χ2n) is 5.65. The van der Waals surface area contributed by atoms with Crippen LogP contribution < -0.4 is 4.90 Å². The molecule has 0 saturated heterocycles. The Kier molecular flexibility index (Phi) is 5.46. The molecule has 4 nitrogen and oxygen atoms in total. The van der Waals surface area contributed by atoms with Crippen LogP contribution in [-0.4, -0.2) is 22.2 Å². The summed E-state index contributed by atoms with van der Waals surface area (Å²) in [5, 5.41) is 4.93. The summed E-state index contributed by atoms with van der Waals surface area (Å²) in [7, 11) is 1.83. The number of aromatic nitrogens is 2. The Morgan fingerprint density at radius 3 is 2.70 bits per heavy atom. The predicted molar refractivity (Wildman–Crippen MR) is 82.1 cm³/mol. The van der Waals surface area contributed by atoms with Gasteiger partial charge in [0.25, 0.3) is 0 Å². The van der Waals surface area contributed by atoms with Gasteiger partial charge < -0.3 is 0 Å². The molecule has 1 aromatic rings. The zero-order valence-corrected chi connectivity index (χ0v) is 13.2. The molecule has 0 aliphatic heterocycles. The van der Waals surface area contributed by atoms with E-state index in [1.807, 2.05) is 11.9 Å². The number of nitrogens with zero attached hydrogens (tertiary/aromatic N) is 3. The van der Waals surface area contributed by atoms with E-state index >= 15 is 0 Å². The molecule has 5 heteroatoms. The highest BCUT2D eigenvalue weighted by atomic mass is 35.5. The number of halogens is 1. The highest BCUT2D eigenvalue weighted by Gasteiger charge is 2.29. The Balaban J connectivity index is 2.17. The summed E-state index contributed by atoms with van der Waals surface area (Å²) in [6.07, 6.45) is 9.37. The summed E-state index contributed by atoms with van der Waals surface area (Å²) in [5.74, 6) is 0.982. The largest absolute Gasteiger partial charge is 0.294 e. The van der Waals surface area contributed by atoms with Crippen LogP contribution in [0, 0.1) is 5.92 Å². The van der Waals surface area contributed by atoms with Crippen LogP contribution in [0.5, 0.6) is 0 Å². The third-order valence-electron chi connectivity index (χ3n) is 3.98. The lowest BCUT2D eigenvalue weighted by molar-refractivity contribution is -0.123. The number of unbranched alkanes of at least 4 members (excludes halogenated alkanes) is 1. The molecule has 1 fully saturated rings. The zero-order valence-electron chi connectivity index (χ0n) is 12.4. The van der Waals surface area contributed by atoms with Crippen molar-refractivity contribution < 1.29 is 4.79 Å².